The van der Waals surface area contributed by atoms with Crippen LogP contribution in [0.25, 0.3) is 0 Å². The summed E-state index contributed by atoms with van der Waals surface area (Å²) in [5, 5.41) is 19.5. The number of nitriles is 1. The van der Waals surface area contributed by atoms with E-state index in [9.17, 15) is 15.2 Å². The van der Waals surface area contributed by atoms with E-state index in [4.69, 9.17) is 15.2 Å². The summed E-state index contributed by atoms with van der Waals surface area (Å²) in [6.07, 6.45) is 1.73. The molecule has 1 aromatic rings. The van der Waals surface area contributed by atoms with Gasteiger partial charge in [-0.2, -0.15) is 5.26 Å². The predicted octanol–water partition coefficient (Wildman–Crippen LogP) is 2.22. The normalized spacial score (nSPS) is 20.7. The second-order valence-electron chi connectivity index (χ2n) is 5.47. The fourth-order valence-electron chi connectivity index (χ4n) is 3.08. The summed E-state index contributed by atoms with van der Waals surface area (Å²) in [5.41, 5.74) is 7.12. The molecule has 0 aromatic heterocycles. The van der Waals surface area contributed by atoms with E-state index in [0.29, 0.717) is 41.9 Å². The first-order chi connectivity index (χ1) is 11.1. The van der Waals surface area contributed by atoms with Crippen molar-refractivity contribution in [1.82, 2.24) is 0 Å². The van der Waals surface area contributed by atoms with Gasteiger partial charge in [-0.3, -0.25) is 4.79 Å². The van der Waals surface area contributed by atoms with Crippen molar-refractivity contribution in [2.45, 2.75) is 25.2 Å². The quantitative estimate of drug-likeness (QED) is 0.867. The van der Waals surface area contributed by atoms with Crippen LogP contribution in [0.5, 0.6) is 11.5 Å². The number of ketones is 1. The van der Waals surface area contributed by atoms with Crippen molar-refractivity contribution in [2.75, 3.05) is 7.11 Å². The summed E-state index contributed by atoms with van der Waals surface area (Å²) in [6, 6.07) is 6.84. The van der Waals surface area contributed by atoms with Crippen LogP contribution in [0.4, 0.5) is 0 Å². The third-order valence-corrected chi connectivity index (χ3v) is 4.14. The van der Waals surface area contributed by atoms with Crippen LogP contribution in [-0.2, 0) is 9.53 Å². The molecule has 2 aliphatic rings. The van der Waals surface area contributed by atoms with E-state index in [0.717, 1.165) is 0 Å². The molecule has 1 aromatic carbocycles. The maximum Gasteiger partial charge on any atom is 0.205 e. The minimum absolute atomic E-state index is 0.0151. The highest BCUT2D eigenvalue weighted by Gasteiger charge is 2.38. The zero-order valence-electron chi connectivity index (χ0n) is 12.6. The Morgan fingerprint density at radius 2 is 2.22 bits per heavy atom. The van der Waals surface area contributed by atoms with Gasteiger partial charge >= 0.3 is 0 Å². The monoisotopic (exact) mass is 312 g/mol. The van der Waals surface area contributed by atoms with Gasteiger partial charge in [-0.25, -0.2) is 0 Å². The van der Waals surface area contributed by atoms with Gasteiger partial charge in [0.15, 0.2) is 17.3 Å². The van der Waals surface area contributed by atoms with E-state index < -0.39 is 5.92 Å². The third kappa shape index (κ3) is 2.40. The minimum atomic E-state index is -0.617. The van der Waals surface area contributed by atoms with Gasteiger partial charge in [0.05, 0.1) is 13.0 Å². The third-order valence-electron chi connectivity index (χ3n) is 4.14. The second-order valence-corrected chi connectivity index (χ2v) is 5.47. The number of methoxy groups -OCH3 is 1. The van der Waals surface area contributed by atoms with Gasteiger partial charge in [-0.05, 0) is 24.1 Å². The Labute approximate surface area is 133 Å². The van der Waals surface area contributed by atoms with Crippen molar-refractivity contribution in [3.8, 4) is 17.6 Å². The molecule has 0 bridgehead atoms. The lowest BCUT2D eigenvalue weighted by molar-refractivity contribution is -0.116. The summed E-state index contributed by atoms with van der Waals surface area (Å²) in [6.45, 7) is 0. The molecule has 0 fully saturated rings. The second kappa shape index (κ2) is 5.69. The van der Waals surface area contributed by atoms with E-state index in [1.807, 2.05) is 6.07 Å². The molecule has 0 spiro atoms. The molecule has 6 nitrogen and oxygen atoms in total. The average Bonchev–Trinajstić information content (AvgIpc) is 2.53. The summed E-state index contributed by atoms with van der Waals surface area (Å²) in [7, 11) is 1.45. The van der Waals surface area contributed by atoms with Crippen LogP contribution in [0.1, 0.15) is 30.7 Å². The number of phenols is 1. The lowest BCUT2D eigenvalue weighted by Crippen LogP contribution is -2.27. The lowest BCUT2D eigenvalue weighted by Gasteiger charge is -2.31. The molecule has 0 saturated heterocycles. The summed E-state index contributed by atoms with van der Waals surface area (Å²) in [5.74, 6) is 0.137. The fraction of sp³-hybridized carbons (Fsp3) is 0.294. The van der Waals surface area contributed by atoms with E-state index in [1.54, 1.807) is 12.1 Å². The minimum Gasteiger partial charge on any atom is -0.504 e. The van der Waals surface area contributed by atoms with Crippen molar-refractivity contribution in [2.24, 2.45) is 5.73 Å². The first-order valence-electron chi connectivity index (χ1n) is 7.27. The molecule has 3 rings (SSSR count). The molecule has 3 N–H and O–H groups in total. The van der Waals surface area contributed by atoms with Crippen molar-refractivity contribution < 1.29 is 19.4 Å². The first kappa shape index (κ1) is 15.0. The maximum atomic E-state index is 12.4. The number of carbonyl (C=O) groups excluding carboxylic acids is 1. The van der Waals surface area contributed by atoms with E-state index in [2.05, 4.69) is 0 Å². The number of phenolic OH excluding ortho intramolecular Hbond substituents is 1. The molecule has 0 amide bonds. The number of ether oxygens (including phenoxy) is 2. The number of rotatable bonds is 2. The number of Topliss-reactive ketones (excluding diaryl/α,β-unsaturated/α-hetero) is 1. The summed E-state index contributed by atoms with van der Waals surface area (Å²) in [4.78, 5) is 12.4. The van der Waals surface area contributed by atoms with Crippen molar-refractivity contribution in [3.63, 3.8) is 0 Å². The van der Waals surface area contributed by atoms with Crippen molar-refractivity contribution in [1.29, 1.82) is 5.26 Å². The van der Waals surface area contributed by atoms with Crippen LogP contribution in [0.2, 0.25) is 0 Å². The Hall–Kier alpha value is -2.94. The van der Waals surface area contributed by atoms with Gasteiger partial charge in [0.1, 0.15) is 17.4 Å². The SMILES string of the molecule is COc1ccc(C2C(C#N)=C(N)OC3=C2C(=O)CCC3)cc1O. The zero-order valence-corrected chi connectivity index (χ0v) is 12.6. The maximum absolute atomic E-state index is 12.4. The van der Waals surface area contributed by atoms with Crippen LogP contribution in [0.3, 0.4) is 0 Å². The number of allylic oxidation sites excluding steroid dienone is 3. The number of hydrogen-bond acceptors (Lipinski definition) is 6. The van der Waals surface area contributed by atoms with Crippen molar-refractivity contribution in [3.05, 3.63) is 46.6 Å². The van der Waals surface area contributed by atoms with Gasteiger partial charge in [0.25, 0.3) is 0 Å². The van der Waals surface area contributed by atoms with Crippen molar-refractivity contribution >= 4 is 5.78 Å². The predicted molar refractivity (Wildman–Crippen MR) is 81.2 cm³/mol. The van der Waals surface area contributed by atoms with Crippen LogP contribution in [0.15, 0.2) is 41.0 Å². The van der Waals surface area contributed by atoms with Crippen LogP contribution >= 0.6 is 0 Å². The van der Waals surface area contributed by atoms with Gasteiger partial charge in [-0.15, -0.1) is 0 Å². The standard InChI is InChI=1S/C17H16N2O4/c1-22-13-6-5-9(7-12(13)21)15-10(8-18)17(19)23-14-4-2-3-11(20)16(14)15/h5-7,15,21H,2-4,19H2,1H3. The molecule has 1 aliphatic carbocycles. The Kier molecular flexibility index (Phi) is 3.70. The van der Waals surface area contributed by atoms with Crippen LogP contribution in [-0.4, -0.2) is 18.0 Å². The molecule has 6 heteroatoms. The number of nitrogens with two attached hydrogens (primary N) is 1. The number of aromatic hydroxyl groups is 1. The van der Waals surface area contributed by atoms with Gasteiger partial charge in [0.2, 0.25) is 5.88 Å². The van der Waals surface area contributed by atoms with Crippen LogP contribution in [0, 0.1) is 11.3 Å². The number of hydrogen-bond donors (Lipinski definition) is 2. The zero-order chi connectivity index (χ0) is 16.6. The Morgan fingerprint density at radius 3 is 2.87 bits per heavy atom. The highest BCUT2D eigenvalue weighted by Crippen LogP contribution is 2.44. The van der Waals surface area contributed by atoms with E-state index >= 15 is 0 Å². The highest BCUT2D eigenvalue weighted by atomic mass is 16.5. The molecular formula is C17H16N2O4. The van der Waals surface area contributed by atoms with E-state index in [-0.39, 0.29) is 23.0 Å². The first-order valence-corrected chi connectivity index (χ1v) is 7.27. The molecule has 118 valence electrons. The molecule has 1 heterocycles. The Morgan fingerprint density at radius 1 is 1.43 bits per heavy atom. The summed E-state index contributed by atoms with van der Waals surface area (Å²) < 4.78 is 10.5. The lowest BCUT2D eigenvalue weighted by atomic mass is 9.77. The molecule has 0 radical (unpaired) electrons. The van der Waals surface area contributed by atoms with E-state index in [1.165, 1.54) is 13.2 Å². The average molecular weight is 312 g/mol. The van der Waals surface area contributed by atoms with Gasteiger partial charge in [-0.1, -0.05) is 6.07 Å². The molecule has 1 aliphatic heterocycles. The molecule has 1 atom stereocenters. The Balaban J connectivity index is 2.17. The van der Waals surface area contributed by atoms with Crippen LogP contribution < -0.4 is 10.5 Å². The topological polar surface area (TPSA) is 106 Å². The Bertz CT molecular complexity index is 786. The molecule has 1 unspecified atom stereocenters. The number of benzene rings is 1. The number of nitrogens with zero attached hydrogens (tertiary/aromatic N) is 1. The smallest absolute Gasteiger partial charge is 0.205 e. The molecule has 23 heavy (non-hydrogen) atoms. The highest BCUT2D eigenvalue weighted by molar-refractivity contribution is 5.99. The molecule has 0 saturated carbocycles. The fourth-order valence-corrected chi connectivity index (χ4v) is 3.08. The largest absolute Gasteiger partial charge is 0.504 e. The number of carbonyl (C=O) groups is 1. The van der Waals surface area contributed by atoms with Gasteiger partial charge < -0.3 is 20.3 Å². The molecular weight excluding hydrogens is 296 g/mol. The van der Waals surface area contributed by atoms with Gasteiger partial charge in [0, 0.05) is 18.4 Å². The summed E-state index contributed by atoms with van der Waals surface area (Å²) >= 11 is 0.